The van der Waals surface area contributed by atoms with Crippen molar-refractivity contribution in [2.24, 2.45) is 0 Å². The Hall–Kier alpha value is -4.12. The number of thiazole rings is 1. The zero-order valence-corrected chi connectivity index (χ0v) is 26.2. The molecule has 2 atom stereocenters. The van der Waals surface area contributed by atoms with Crippen LogP contribution in [-0.2, 0) is 4.79 Å². The van der Waals surface area contributed by atoms with Crippen LogP contribution < -0.4 is 15.4 Å². The Morgan fingerprint density at radius 3 is 2.76 bits per heavy atom. The highest BCUT2D eigenvalue weighted by atomic mass is 35.5. The third-order valence-electron chi connectivity index (χ3n) is 9.30. The molecule has 2 N–H and O–H groups in total. The molecular weight excluding hydrogens is 639 g/mol. The molecule has 4 aromatic rings. The van der Waals surface area contributed by atoms with Gasteiger partial charge in [0.25, 0.3) is 5.69 Å². The smallest absolute Gasteiger partial charge is 0.270 e. The van der Waals surface area contributed by atoms with Crippen LogP contribution in [-0.4, -0.2) is 83.3 Å². The molecule has 1 amide bonds. The Kier molecular flexibility index (Phi) is 7.70. The molecule has 238 valence electrons. The van der Waals surface area contributed by atoms with E-state index in [4.69, 9.17) is 28.6 Å². The van der Waals surface area contributed by atoms with E-state index in [1.165, 1.54) is 18.2 Å². The van der Waals surface area contributed by atoms with Crippen LogP contribution in [0.3, 0.4) is 0 Å². The van der Waals surface area contributed by atoms with Crippen LogP contribution in [0.5, 0.6) is 5.88 Å². The molecule has 7 rings (SSSR count). The molecule has 0 radical (unpaired) electrons. The van der Waals surface area contributed by atoms with Gasteiger partial charge in [-0.25, -0.2) is 28.0 Å². The first-order chi connectivity index (χ1) is 22.1. The van der Waals surface area contributed by atoms with Gasteiger partial charge in [-0.05, 0) is 43.7 Å². The van der Waals surface area contributed by atoms with E-state index in [0.717, 1.165) is 30.7 Å². The van der Waals surface area contributed by atoms with E-state index in [2.05, 4.69) is 26.3 Å². The number of hydrogen-bond acceptors (Lipinski definition) is 8. The number of aromatic nitrogens is 2. The monoisotopic (exact) mass is 667 g/mol. The van der Waals surface area contributed by atoms with E-state index in [1.807, 2.05) is 4.90 Å². The van der Waals surface area contributed by atoms with Gasteiger partial charge in [0.1, 0.15) is 24.1 Å². The van der Waals surface area contributed by atoms with Gasteiger partial charge >= 0.3 is 0 Å². The first-order valence-electron chi connectivity index (χ1n) is 14.9. The van der Waals surface area contributed by atoms with Crippen molar-refractivity contribution in [1.29, 1.82) is 0 Å². The lowest BCUT2D eigenvalue weighted by Gasteiger charge is -2.37. The number of nitrogen functional groups attached to an aromatic ring is 1. The van der Waals surface area contributed by atoms with Crippen LogP contribution in [0.1, 0.15) is 19.3 Å². The number of carbonyl (C=O) groups excluding carboxylic acids is 1. The number of piperazine rings is 1. The summed E-state index contributed by atoms with van der Waals surface area (Å²) in [6.45, 7) is 14.3. The second-order valence-corrected chi connectivity index (χ2v) is 13.3. The molecule has 0 bridgehead atoms. The highest BCUT2D eigenvalue weighted by Gasteiger charge is 2.49. The quantitative estimate of drug-likeness (QED) is 0.189. The van der Waals surface area contributed by atoms with E-state index < -0.39 is 23.3 Å². The Labute approximate surface area is 271 Å². The predicted octanol–water partition coefficient (Wildman–Crippen LogP) is 6.37. The number of halogens is 4. The summed E-state index contributed by atoms with van der Waals surface area (Å²) in [7, 11) is 0. The topological polar surface area (TPSA) is 92.2 Å². The van der Waals surface area contributed by atoms with Gasteiger partial charge in [-0.3, -0.25) is 9.69 Å². The number of ether oxygens (including phenoxy) is 1. The Morgan fingerprint density at radius 1 is 1.24 bits per heavy atom. The van der Waals surface area contributed by atoms with Crippen molar-refractivity contribution in [1.82, 2.24) is 19.8 Å². The standard InChI is InChI=1S/C32H29ClF3N7O2S/c1-3-22(44)41-9-11-42(12-10-41)28-19-13-20(33)23(18-5-6-21(35)29-26(18)40-31(37)46-29)24(36)25(19)39-30(27(28)38-2)45-16-32-7-4-8-43(32)15-17(34)14-32/h3,5-6,13,17H,1,4,7-12,14-16H2,(H2,37,40)/t17-,32+/m1/s1. The third kappa shape index (κ3) is 4.90. The predicted molar refractivity (Wildman–Crippen MR) is 173 cm³/mol. The zero-order chi connectivity index (χ0) is 32.3. The number of alkyl halides is 1. The molecule has 0 saturated carbocycles. The minimum absolute atomic E-state index is 0.0121. The fraction of sp³-hybridized carbons (Fsp3) is 0.375. The molecule has 3 saturated heterocycles. The van der Waals surface area contributed by atoms with Crippen LogP contribution in [0.15, 0.2) is 30.9 Å². The van der Waals surface area contributed by atoms with Gasteiger partial charge in [-0.1, -0.05) is 29.5 Å². The number of fused-ring (bicyclic) bond motifs is 3. The number of nitrogens with zero attached hydrogens (tertiary/aromatic N) is 6. The number of nitrogens with two attached hydrogens (primary N) is 1. The molecular formula is C32H29ClF3N7O2S. The van der Waals surface area contributed by atoms with Gasteiger partial charge in [0.15, 0.2) is 10.9 Å². The molecule has 0 aliphatic carbocycles. The van der Waals surface area contributed by atoms with E-state index in [1.54, 1.807) is 11.0 Å². The summed E-state index contributed by atoms with van der Waals surface area (Å²) >= 11 is 7.74. The summed E-state index contributed by atoms with van der Waals surface area (Å²) in [5, 5.41) is 0.418. The SMILES string of the molecule is [C-]#[N+]c1c(OC[C@@]23CCCN2C[C@H](F)C3)nc2c(F)c(-c3ccc(F)c4sc(N)nc34)c(Cl)cc2c1N1CCN(C(=O)C=C)CC1. The number of pyridine rings is 1. The summed E-state index contributed by atoms with van der Waals surface area (Å²) in [4.78, 5) is 30.5. The van der Waals surface area contributed by atoms with E-state index in [0.29, 0.717) is 44.8 Å². The van der Waals surface area contributed by atoms with Crippen molar-refractivity contribution in [3.05, 3.63) is 58.9 Å². The maximum atomic E-state index is 16.9. The average molecular weight is 668 g/mol. The average Bonchev–Trinajstić information content (AvgIpc) is 3.72. The Balaban J connectivity index is 1.39. The lowest BCUT2D eigenvalue weighted by Crippen LogP contribution is -2.48. The van der Waals surface area contributed by atoms with Gasteiger partial charge in [0, 0.05) is 55.7 Å². The van der Waals surface area contributed by atoms with Crippen molar-refractivity contribution >= 4 is 66.5 Å². The Bertz CT molecular complexity index is 1960. The molecule has 3 aliphatic heterocycles. The minimum atomic E-state index is -0.978. The first kappa shape index (κ1) is 30.5. The van der Waals surface area contributed by atoms with Gasteiger partial charge in [-0.2, -0.15) is 0 Å². The fourth-order valence-corrected chi connectivity index (χ4v) is 8.23. The summed E-state index contributed by atoms with van der Waals surface area (Å²) < 4.78 is 52.5. The molecule has 46 heavy (non-hydrogen) atoms. The molecule has 14 heteroatoms. The molecule has 2 aromatic carbocycles. The van der Waals surface area contributed by atoms with Crippen molar-refractivity contribution in [2.45, 2.75) is 31.0 Å². The van der Waals surface area contributed by atoms with Crippen LogP contribution in [0, 0.1) is 18.2 Å². The number of amides is 1. The largest absolute Gasteiger partial charge is 0.484 e. The third-order valence-corrected chi connectivity index (χ3v) is 10.5. The zero-order valence-electron chi connectivity index (χ0n) is 24.7. The summed E-state index contributed by atoms with van der Waals surface area (Å²) in [5.74, 6) is -1.61. The van der Waals surface area contributed by atoms with Crippen LogP contribution in [0.4, 0.5) is 29.7 Å². The van der Waals surface area contributed by atoms with Crippen LogP contribution in [0.25, 0.3) is 37.1 Å². The molecule has 2 aromatic heterocycles. The fourth-order valence-electron chi connectivity index (χ4n) is 7.18. The first-order valence-corrected chi connectivity index (χ1v) is 16.1. The highest BCUT2D eigenvalue weighted by Crippen LogP contribution is 2.49. The molecule has 3 aliphatic rings. The van der Waals surface area contributed by atoms with Crippen molar-refractivity contribution in [3.8, 4) is 17.0 Å². The van der Waals surface area contributed by atoms with Gasteiger partial charge in [-0.15, -0.1) is 0 Å². The maximum Gasteiger partial charge on any atom is 0.270 e. The lowest BCUT2D eigenvalue weighted by atomic mass is 9.95. The summed E-state index contributed by atoms with van der Waals surface area (Å²) in [6, 6.07) is 4.15. The second kappa shape index (κ2) is 11.6. The number of carbonyl (C=O) groups is 1. The Morgan fingerprint density at radius 2 is 2.02 bits per heavy atom. The molecule has 5 heterocycles. The minimum Gasteiger partial charge on any atom is -0.484 e. The van der Waals surface area contributed by atoms with Crippen molar-refractivity contribution < 1.29 is 22.7 Å². The maximum absolute atomic E-state index is 16.9. The van der Waals surface area contributed by atoms with E-state index >= 15 is 4.39 Å². The van der Waals surface area contributed by atoms with Crippen molar-refractivity contribution in [3.63, 3.8) is 0 Å². The molecule has 3 fully saturated rings. The molecule has 9 nitrogen and oxygen atoms in total. The summed E-state index contributed by atoms with van der Waals surface area (Å²) in [6.07, 6.45) is 2.23. The van der Waals surface area contributed by atoms with E-state index in [9.17, 15) is 13.6 Å². The number of benzene rings is 2. The van der Waals surface area contributed by atoms with Crippen molar-refractivity contribution in [2.75, 3.05) is 56.5 Å². The van der Waals surface area contributed by atoms with Gasteiger partial charge < -0.3 is 20.3 Å². The van der Waals surface area contributed by atoms with Gasteiger partial charge in [0.05, 0.1) is 33.0 Å². The second-order valence-electron chi connectivity index (χ2n) is 11.9. The van der Waals surface area contributed by atoms with Crippen LogP contribution in [0.2, 0.25) is 5.02 Å². The van der Waals surface area contributed by atoms with Gasteiger partial charge in [0.2, 0.25) is 11.8 Å². The van der Waals surface area contributed by atoms with E-state index in [-0.39, 0.29) is 66.5 Å². The van der Waals surface area contributed by atoms with Crippen LogP contribution >= 0.6 is 22.9 Å². The number of rotatable bonds is 6. The molecule has 0 unspecified atom stereocenters. The molecule has 0 spiro atoms. The highest BCUT2D eigenvalue weighted by molar-refractivity contribution is 7.22. The number of anilines is 2. The lowest BCUT2D eigenvalue weighted by molar-refractivity contribution is -0.126. The normalized spacial score (nSPS) is 21.6. The summed E-state index contributed by atoms with van der Waals surface area (Å²) in [5.41, 5.74) is 6.09. The number of hydrogen-bond donors (Lipinski definition) is 1.